The Labute approximate surface area is 140 Å². The molecule has 24 heavy (non-hydrogen) atoms. The van der Waals surface area contributed by atoms with E-state index < -0.39 is 10.0 Å². The van der Waals surface area contributed by atoms with Crippen molar-refractivity contribution in [1.82, 2.24) is 4.31 Å². The third-order valence-corrected chi connectivity index (χ3v) is 5.93. The quantitative estimate of drug-likeness (QED) is 0.855. The molecule has 0 saturated carbocycles. The molecule has 0 unspecified atom stereocenters. The number of rotatable bonds is 3. The molecule has 0 radical (unpaired) electrons. The molecule has 0 amide bonds. The van der Waals surface area contributed by atoms with E-state index in [0.717, 1.165) is 0 Å². The van der Waals surface area contributed by atoms with Gasteiger partial charge in [0.2, 0.25) is 10.0 Å². The summed E-state index contributed by atoms with van der Waals surface area (Å²) in [5.74, 6) is -0.310. The van der Waals surface area contributed by atoms with Gasteiger partial charge in [0.05, 0.1) is 22.2 Å². The molecule has 1 saturated heterocycles. The highest BCUT2D eigenvalue weighted by molar-refractivity contribution is 7.89. The van der Waals surface area contributed by atoms with Crippen LogP contribution < -0.4 is 4.90 Å². The number of benzene rings is 2. The second-order valence-corrected chi connectivity index (χ2v) is 7.42. The Morgan fingerprint density at radius 1 is 1.00 bits per heavy atom. The number of para-hydroxylation sites is 1. The van der Waals surface area contributed by atoms with E-state index in [9.17, 15) is 12.8 Å². The van der Waals surface area contributed by atoms with Crippen molar-refractivity contribution in [3.8, 4) is 6.07 Å². The summed E-state index contributed by atoms with van der Waals surface area (Å²) < 4.78 is 40.6. The Kier molecular flexibility index (Phi) is 4.51. The lowest BCUT2D eigenvalue weighted by Crippen LogP contribution is -2.48. The van der Waals surface area contributed by atoms with Crippen LogP contribution in [0.25, 0.3) is 0 Å². The molecular formula is C17H16FN3O2S. The van der Waals surface area contributed by atoms with Crippen LogP contribution >= 0.6 is 0 Å². The summed E-state index contributed by atoms with van der Waals surface area (Å²) in [7, 11) is -3.65. The summed E-state index contributed by atoms with van der Waals surface area (Å²) in [4.78, 5) is 1.95. The molecule has 0 N–H and O–H groups in total. The van der Waals surface area contributed by atoms with Crippen molar-refractivity contribution in [3.05, 3.63) is 59.9 Å². The summed E-state index contributed by atoms with van der Waals surface area (Å²) in [6, 6.07) is 14.4. The fourth-order valence-corrected chi connectivity index (χ4v) is 4.22. The van der Waals surface area contributed by atoms with Gasteiger partial charge in [0.1, 0.15) is 5.82 Å². The van der Waals surface area contributed by atoms with E-state index in [1.165, 1.54) is 22.5 Å². The van der Waals surface area contributed by atoms with Gasteiger partial charge < -0.3 is 4.90 Å². The van der Waals surface area contributed by atoms with Crippen molar-refractivity contribution < 1.29 is 12.8 Å². The minimum atomic E-state index is -3.65. The predicted molar refractivity (Wildman–Crippen MR) is 88.5 cm³/mol. The Bertz CT molecular complexity index is 885. The minimum absolute atomic E-state index is 0.112. The van der Waals surface area contributed by atoms with Crippen molar-refractivity contribution in [1.29, 1.82) is 5.26 Å². The van der Waals surface area contributed by atoms with Gasteiger partial charge in [0.15, 0.2) is 0 Å². The van der Waals surface area contributed by atoms with Crippen LogP contribution in [0.4, 0.5) is 10.1 Å². The maximum Gasteiger partial charge on any atom is 0.243 e. The van der Waals surface area contributed by atoms with Crippen LogP contribution in [0.2, 0.25) is 0 Å². The normalized spacial score (nSPS) is 15.9. The highest BCUT2D eigenvalue weighted by Gasteiger charge is 2.29. The largest absolute Gasteiger partial charge is 0.367 e. The van der Waals surface area contributed by atoms with Crippen LogP contribution in [-0.2, 0) is 10.0 Å². The molecule has 0 aromatic heterocycles. The van der Waals surface area contributed by atoms with Gasteiger partial charge >= 0.3 is 0 Å². The maximum absolute atomic E-state index is 13.8. The number of hydrogen-bond acceptors (Lipinski definition) is 4. The highest BCUT2D eigenvalue weighted by Crippen LogP contribution is 2.23. The molecule has 0 spiro atoms. The summed E-state index contributed by atoms with van der Waals surface area (Å²) in [6.07, 6.45) is 0. The molecule has 2 aromatic carbocycles. The monoisotopic (exact) mass is 345 g/mol. The number of piperazine rings is 1. The average Bonchev–Trinajstić information content (AvgIpc) is 2.62. The molecule has 1 aliphatic rings. The lowest BCUT2D eigenvalue weighted by molar-refractivity contribution is 0.383. The third-order valence-electron chi connectivity index (χ3n) is 4.03. The zero-order chi connectivity index (χ0) is 17.2. The van der Waals surface area contributed by atoms with Gasteiger partial charge in [0.25, 0.3) is 0 Å². The van der Waals surface area contributed by atoms with Crippen LogP contribution in [0, 0.1) is 17.1 Å². The number of sulfonamides is 1. The molecule has 0 aliphatic carbocycles. The van der Waals surface area contributed by atoms with Crippen molar-refractivity contribution >= 4 is 15.7 Å². The number of hydrogen-bond donors (Lipinski definition) is 0. The number of nitrogens with zero attached hydrogens (tertiary/aromatic N) is 3. The van der Waals surface area contributed by atoms with Crippen molar-refractivity contribution in [2.45, 2.75) is 4.90 Å². The SMILES string of the molecule is N#Cc1cccc(S(=O)(=O)N2CCN(c3ccccc3F)CC2)c1. The second-order valence-electron chi connectivity index (χ2n) is 5.48. The molecule has 0 bridgehead atoms. The summed E-state index contributed by atoms with van der Waals surface area (Å²) in [6.45, 7) is 1.37. The molecule has 1 fully saturated rings. The topological polar surface area (TPSA) is 64.4 Å². The lowest BCUT2D eigenvalue weighted by Gasteiger charge is -2.35. The van der Waals surface area contributed by atoms with E-state index in [-0.39, 0.29) is 23.8 Å². The molecule has 2 aromatic rings. The predicted octanol–water partition coefficient (Wildman–Crippen LogP) is 2.21. The number of halogens is 1. The molecule has 124 valence electrons. The van der Waals surface area contributed by atoms with Gasteiger partial charge in [-0.15, -0.1) is 0 Å². The molecule has 5 nitrogen and oxygen atoms in total. The van der Waals surface area contributed by atoms with Crippen LogP contribution in [0.1, 0.15) is 5.56 Å². The number of nitriles is 1. The third kappa shape index (κ3) is 3.11. The lowest BCUT2D eigenvalue weighted by atomic mass is 10.2. The fraction of sp³-hybridized carbons (Fsp3) is 0.235. The van der Waals surface area contributed by atoms with Crippen LogP contribution in [0.3, 0.4) is 0 Å². The smallest absolute Gasteiger partial charge is 0.243 e. The van der Waals surface area contributed by atoms with Crippen LogP contribution in [0.15, 0.2) is 53.4 Å². The van der Waals surface area contributed by atoms with Gasteiger partial charge in [-0.05, 0) is 30.3 Å². The summed E-state index contributed by atoms with van der Waals surface area (Å²) in [5.41, 5.74) is 0.794. The summed E-state index contributed by atoms with van der Waals surface area (Å²) >= 11 is 0. The molecule has 1 heterocycles. The summed E-state index contributed by atoms with van der Waals surface area (Å²) in [5, 5.41) is 8.92. The fourth-order valence-electron chi connectivity index (χ4n) is 2.75. The Hall–Kier alpha value is -2.43. The van der Waals surface area contributed by atoms with Gasteiger partial charge in [-0.2, -0.15) is 9.57 Å². The van der Waals surface area contributed by atoms with E-state index in [1.807, 2.05) is 11.0 Å². The van der Waals surface area contributed by atoms with Crippen molar-refractivity contribution in [3.63, 3.8) is 0 Å². The van der Waals surface area contributed by atoms with E-state index in [0.29, 0.717) is 24.3 Å². The van der Waals surface area contributed by atoms with Crippen molar-refractivity contribution in [2.24, 2.45) is 0 Å². The van der Waals surface area contributed by atoms with Gasteiger partial charge in [-0.25, -0.2) is 12.8 Å². The molecule has 3 rings (SSSR count). The zero-order valence-electron chi connectivity index (χ0n) is 12.9. The van der Waals surface area contributed by atoms with Gasteiger partial charge in [0, 0.05) is 26.2 Å². The first-order chi connectivity index (χ1) is 11.5. The van der Waals surface area contributed by atoms with E-state index in [1.54, 1.807) is 30.3 Å². The number of anilines is 1. The highest BCUT2D eigenvalue weighted by atomic mass is 32.2. The Balaban J connectivity index is 1.76. The second kappa shape index (κ2) is 6.59. The first kappa shape index (κ1) is 16.4. The average molecular weight is 345 g/mol. The van der Waals surface area contributed by atoms with Crippen LogP contribution in [0.5, 0.6) is 0 Å². The standard InChI is InChI=1S/C17H16FN3O2S/c18-16-6-1-2-7-17(16)20-8-10-21(11-9-20)24(22,23)15-5-3-4-14(12-15)13-19/h1-7,12H,8-11H2. The van der Waals surface area contributed by atoms with Gasteiger partial charge in [-0.3, -0.25) is 0 Å². The van der Waals surface area contributed by atoms with E-state index in [4.69, 9.17) is 5.26 Å². The Morgan fingerprint density at radius 3 is 2.38 bits per heavy atom. The van der Waals surface area contributed by atoms with Gasteiger partial charge in [-0.1, -0.05) is 18.2 Å². The van der Waals surface area contributed by atoms with E-state index in [2.05, 4.69) is 0 Å². The van der Waals surface area contributed by atoms with Crippen molar-refractivity contribution in [2.75, 3.05) is 31.1 Å². The van der Waals surface area contributed by atoms with Crippen LogP contribution in [-0.4, -0.2) is 38.9 Å². The first-order valence-electron chi connectivity index (χ1n) is 7.52. The molecule has 7 heteroatoms. The minimum Gasteiger partial charge on any atom is -0.367 e. The van der Waals surface area contributed by atoms with E-state index >= 15 is 0 Å². The zero-order valence-corrected chi connectivity index (χ0v) is 13.7. The molecule has 0 atom stereocenters. The maximum atomic E-state index is 13.8. The molecule has 1 aliphatic heterocycles. The first-order valence-corrected chi connectivity index (χ1v) is 8.96. The Morgan fingerprint density at radius 2 is 1.71 bits per heavy atom. The molecular weight excluding hydrogens is 329 g/mol.